The van der Waals surface area contributed by atoms with Crippen molar-refractivity contribution in [2.75, 3.05) is 6.54 Å². The lowest BCUT2D eigenvalue weighted by molar-refractivity contribution is 0.253. The van der Waals surface area contributed by atoms with Crippen LogP contribution in [0.1, 0.15) is 36.7 Å². The van der Waals surface area contributed by atoms with E-state index in [9.17, 15) is 0 Å². The van der Waals surface area contributed by atoms with Crippen LogP contribution in [0.4, 0.5) is 0 Å². The van der Waals surface area contributed by atoms with Gasteiger partial charge in [-0.25, -0.2) is 9.50 Å². The third-order valence-electron chi connectivity index (χ3n) is 6.00. The van der Waals surface area contributed by atoms with Gasteiger partial charge in [-0.2, -0.15) is 4.98 Å². The smallest absolute Gasteiger partial charge is 0.253 e. The van der Waals surface area contributed by atoms with Crippen LogP contribution in [0.15, 0.2) is 60.8 Å². The van der Waals surface area contributed by atoms with Crippen molar-refractivity contribution in [3.05, 3.63) is 72.2 Å². The maximum Gasteiger partial charge on any atom is 0.253 e. The van der Waals surface area contributed by atoms with Crippen molar-refractivity contribution in [3.8, 4) is 22.4 Å². The van der Waals surface area contributed by atoms with Crippen molar-refractivity contribution in [2.24, 2.45) is 17.2 Å². The summed E-state index contributed by atoms with van der Waals surface area (Å²) in [5, 5.41) is 4.49. The fourth-order valence-corrected chi connectivity index (χ4v) is 3.96. The summed E-state index contributed by atoms with van der Waals surface area (Å²) in [5.41, 5.74) is 23.1. The number of aromatic nitrogens is 4. The van der Waals surface area contributed by atoms with E-state index < -0.39 is 6.04 Å². The molecule has 152 valence electrons. The highest BCUT2D eigenvalue weighted by atomic mass is 15.3. The van der Waals surface area contributed by atoms with E-state index in [1.165, 1.54) is 12.0 Å². The number of rotatable bonds is 5. The molecule has 2 aromatic heterocycles. The Morgan fingerprint density at radius 1 is 0.967 bits per heavy atom. The minimum atomic E-state index is -0.419. The first kappa shape index (κ1) is 18.9. The molecule has 1 aliphatic carbocycles. The molecule has 1 atom stereocenters. The molecule has 0 radical (unpaired) electrons. The lowest BCUT2D eigenvalue weighted by Crippen LogP contribution is -2.43. The van der Waals surface area contributed by atoms with E-state index in [2.05, 4.69) is 46.5 Å². The van der Waals surface area contributed by atoms with Gasteiger partial charge in [0, 0.05) is 29.4 Å². The summed E-state index contributed by atoms with van der Waals surface area (Å²) in [6.45, 7) is 0.275. The molecule has 1 aliphatic rings. The minimum Gasteiger partial charge on any atom is -0.328 e. The standard InChI is InChI=1S/C23H25N7/c24-13-19(25)21-28-22-27-20(16-7-9-17(10-8-16)23(26)11-4-12-23)18(14-30(22)29-21)15-5-2-1-3-6-15/h1-3,5-10,14,19H,4,11-13,24-26H2. The third kappa shape index (κ3) is 3.17. The van der Waals surface area contributed by atoms with E-state index in [0.29, 0.717) is 11.6 Å². The molecule has 30 heavy (non-hydrogen) atoms. The highest BCUT2D eigenvalue weighted by molar-refractivity contribution is 5.81. The molecule has 2 aromatic carbocycles. The van der Waals surface area contributed by atoms with Gasteiger partial charge in [0.2, 0.25) is 0 Å². The van der Waals surface area contributed by atoms with Gasteiger partial charge in [-0.05, 0) is 30.4 Å². The van der Waals surface area contributed by atoms with Crippen molar-refractivity contribution in [3.63, 3.8) is 0 Å². The first-order valence-electron chi connectivity index (χ1n) is 10.3. The number of benzene rings is 2. The number of nitrogens with zero attached hydrogens (tertiary/aromatic N) is 4. The zero-order valence-corrected chi connectivity index (χ0v) is 16.7. The Hall–Kier alpha value is -3.13. The summed E-state index contributed by atoms with van der Waals surface area (Å²) in [6.07, 6.45) is 5.22. The number of fused-ring (bicyclic) bond motifs is 1. The second kappa shape index (κ2) is 7.28. The van der Waals surface area contributed by atoms with Gasteiger partial charge in [-0.3, -0.25) is 0 Å². The van der Waals surface area contributed by atoms with Gasteiger partial charge in [0.1, 0.15) is 0 Å². The van der Waals surface area contributed by atoms with Crippen molar-refractivity contribution in [1.82, 2.24) is 19.6 Å². The van der Waals surface area contributed by atoms with Crippen LogP contribution in [0.5, 0.6) is 0 Å². The largest absolute Gasteiger partial charge is 0.328 e. The van der Waals surface area contributed by atoms with Gasteiger partial charge in [-0.15, -0.1) is 5.10 Å². The van der Waals surface area contributed by atoms with Crippen molar-refractivity contribution >= 4 is 5.78 Å². The Kier molecular flexibility index (Phi) is 4.58. The molecule has 1 saturated carbocycles. The maximum absolute atomic E-state index is 6.49. The monoisotopic (exact) mass is 399 g/mol. The zero-order chi connectivity index (χ0) is 20.7. The van der Waals surface area contributed by atoms with Crippen LogP contribution in [-0.2, 0) is 5.54 Å². The summed E-state index contributed by atoms with van der Waals surface area (Å²) in [4.78, 5) is 9.35. The molecule has 6 N–H and O–H groups in total. The third-order valence-corrected chi connectivity index (χ3v) is 6.00. The maximum atomic E-state index is 6.49. The minimum absolute atomic E-state index is 0.182. The van der Waals surface area contributed by atoms with E-state index in [-0.39, 0.29) is 12.1 Å². The second-order valence-corrected chi connectivity index (χ2v) is 8.01. The highest BCUT2D eigenvalue weighted by Crippen LogP contribution is 2.39. The lowest BCUT2D eigenvalue weighted by atomic mass is 9.72. The SMILES string of the molecule is NCC(N)c1nc2nc(-c3ccc(C4(N)CCC4)cc3)c(-c3ccccc3)cn2n1. The van der Waals surface area contributed by atoms with Crippen LogP contribution in [-0.4, -0.2) is 26.1 Å². The Balaban J connectivity index is 1.65. The Labute approximate surface area is 174 Å². The van der Waals surface area contributed by atoms with Gasteiger partial charge in [0.15, 0.2) is 5.82 Å². The van der Waals surface area contributed by atoms with Crippen LogP contribution < -0.4 is 17.2 Å². The molecule has 4 aromatic rings. The first-order chi connectivity index (χ1) is 14.6. The molecular weight excluding hydrogens is 374 g/mol. The van der Waals surface area contributed by atoms with E-state index in [0.717, 1.165) is 35.2 Å². The summed E-state index contributed by atoms with van der Waals surface area (Å²) in [6, 6.07) is 18.2. The Morgan fingerprint density at radius 2 is 1.70 bits per heavy atom. The summed E-state index contributed by atoms with van der Waals surface area (Å²) in [5.74, 6) is 0.994. The predicted molar refractivity (Wildman–Crippen MR) is 117 cm³/mol. The molecule has 1 unspecified atom stereocenters. The molecule has 0 amide bonds. The number of nitrogens with two attached hydrogens (primary N) is 3. The summed E-state index contributed by atoms with van der Waals surface area (Å²) < 4.78 is 1.67. The van der Waals surface area contributed by atoms with E-state index in [4.69, 9.17) is 22.2 Å². The second-order valence-electron chi connectivity index (χ2n) is 8.01. The van der Waals surface area contributed by atoms with Crippen LogP contribution in [0.25, 0.3) is 28.2 Å². The van der Waals surface area contributed by atoms with Gasteiger partial charge in [-0.1, -0.05) is 54.6 Å². The molecule has 7 heteroatoms. The van der Waals surface area contributed by atoms with E-state index >= 15 is 0 Å². The molecular formula is C23H25N7. The molecule has 0 saturated heterocycles. The van der Waals surface area contributed by atoms with Gasteiger partial charge in [0.25, 0.3) is 5.78 Å². The summed E-state index contributed by atoms with van der Waals surface area (Å²) >= 11 is 0. The molecule has 0 spiro atoms. The quantitative estimate of drug-likeness (QED) is 0.474. The van der Waals surface area contributed by atoms with Crippen LogP contribution in [0.2, 0.25) is 0 Å². The number of hydrogen-bond acceptors (Lipinski definition) is 6. The normalized spacial score (nSPS) is 16.4. The fourth-order valence-electron chi connectivity index (χ4n) is 3.96. The molecule has 7 nitrogen and oxygen atoms in total. The van der Waals surface area contributed by atoms with Crippen LogP contribution in [0, 0.1) is 0 Å². The van der Waals surface area contributed by atoms with Gasteiger partial charge >= 0.3 is 0 Å². The van der Waals surface area contributed by atoms with Crippen LogP contribution in [0.3, 0.4) is 0 Å². The molecule has 2 heterocycles. The molecule has 0 bridgehead atoms. The van der Waals surface area contributed by atoms with Crippen molar-refractivity contribution < 1.29 is 0 Å². The van der Waals surface area contributed by atoms with Crippen LogP contribution >= 0.6 is 0 Å². The highest BCUT2D eigenvalue weighted by Gasteiger charge is 2.34. The predicted octanol–water partition coefficient (Wildman–Crippen LogP) is 2.75. The molecule has 0 aliphatic heterocycles. The first-order valence-corrected chi connectivity index (χ1v) is 10.3. The fraction of sp³-hybridized carbons (Fsp3) is 0.261. The Bertz CT molecular complexity index is 1180. The van der Waals surface area contributed by atoms with Gasteiger partial charge in [0.05, 0.1) is 11.7 Å². The number of hydrogen-bond donors (Lipinski definition) is 3. The van der Waals surface area contributed by atoms with Crippen molar-refractivity contribution in [2.45, 2.75) is 30.8 Å². The average Bonchev–Trinajstić information content (AvgIpc) is 3.20. The topological polar surface area (TPSA) is 121 Å². The Morgan fingerprint density at radius 3 is 2.33 bits per heavy atom. The van der Waals surface area contributed by atoms with E-state index in [1.807, 2.05) is 24.4 Å². The summed E-state index contributed by atoms with van der Waals surface area (Å²) in [7, 11) is 0. The molecule has 5 rings (SSSR count). The lowest BCUT2D eigenvalue weighted by Gasteiger charge is -2.38. The average molecular weight is 400 g/mol. The zero-order valence-electron chi connectivity index (χ0n) is 16.7. The van der Waals surface area contributed by atoms with E-state index in [1.54, 1.807) is 4.52 Å². The molecule has 1 fully saturated rings. The van der Waals surface area contributed by atoms with Crippen molar-refractivity contribution in [1.29, 1.82) is 0 Å². The van der Waals surface area contributed by atoms with Gasteiger partial charge < -0.3 is 17.2 Å².